The lowest BCUT2D eigenvalue weighted by atomic mass is 10.1. The van der Waals surface area contributed by atoms with Gasteiger partial charge in [-0.1, -0.05) is 44.9 Å². The lowest BCUT2D eigenvalue weighted by molar-refractivity contribution is -0.112. The molecule has 0 bridgehead atoms. The van der Waals surface area contributed by atoms with Gasteiger partial charge in [0.2, 0.25) is 0 Å². The molecule has 0 aromatic carbocycles. The molecule has 0 fully saturated rings. The van der Waals surface area contributed by atoms with Crippen LogP contribution in [0, 0.1) is 0 Å². The first-order valence-electron chi connectivity index (χ1n) is 6.35. The molecule has 0 spiro atoms. The van der Waals surface area contributed by atoms with Crippen LogP contribution in [0.1, 0.15) is 52.9 Å². The zero-order valence-electron chi connectivity index (χ0n) is 11.8. The Kier molecular flexibility index (Phi) is 15.9. The molecule has 0 aromatic heterocycles. The summed E-state index contributed by atoms with van der Waals surface area (Å²) in [4.78, 5) is 14.3. The highest BCUT2D eigenvalue weighted by Crippen LogP contribution is 2.05. The third-order valence-corrected chi connectivity index (χ3v) is 2.01. The van der Waals surface area contributed by atoms with Gasteiger partial charge in [-0.2, -0.15) is 0 Å². The summed E-state index contributed by atoms with van der Waals surface area (Å²) < 4.78 is 0. The molecule has 0 heterocycles. The Morgan fingerprint density at radius 2 is 1.88 bits per heavy atom. The Morgan fingerprint density at radius 3 is 2.24 bits per heavy atom. The maximum absolute atomic E-state index is 10.5. The summed E-state index contributed by atoms with van der Waals surface area (Å²) in [5, 5.41) is 0. The molecular weight excluding hydrogens is 210 g/mol. The van der Waals surface area contributed by atoms with Gasteiger partial charge in [-0.3, -0.25) is 4.79 Å². The Balaban J connectivity index is 0. The fourth-order valence-electron chi connectivity index (χ4n) is 0.981. The average molecular weight is 237 g/mol. The van der Waals surface area contributed by atoms with Crippen LogP contribution in [-0.4, -0.2) is 19.0 Å². The highest BCUT2D eigenvalue weighted by atomic mass is 16.1. The van der Waals surface area contributed by atoms with E-state index in [0.717, 1.165) is 24.8 Å². The highest BCUT2D eigenvalue weighted by Gasteiger charge is 1.88. The lowest BCUT2D eigenvalue weighted by Crippen LogP contribution is -1.82. The number of ketones is 1. The first kappa shape index (κ1) is 18.2. The van der Waals surface area contributed by atoms with Crippen LogP contribution in [0.15, 0.2) is 29.3 Å². The van der Waals surface area contributed by atoms with Crippen molar-refractivity contribution in [2.24, 2.45) is 4.99 Å². The zero-order valence-corrected chi connectivity index (χ0v) is 11.8. The van der Waals surface area contributed by atoms with Crippen molar-refractivity contribution in [2.75, 3.05) is 7.05 Å². The van der Waals surface area contributed by atoms with Crippen LogP contribution in [0.5, 0.6) is 0 Å². The third kappa shape index (κ3) is 20.8. The molecule has 0 amide bonds. The number of rotatable bonds is 7. The minimum Gasteiger partial charge on any atom is -0.301 e. The van der Waals surface area contributed by atoms with Gasteiger partial charge in [0.1, 0.15) is 0 Å². The van der Waals surface area contributed by atoms with Crippen LogP contribution >= 0.6 is 0 Å². The first-order valence-corrected chi connectivity index (χ1v) is 6.35. The summed E-state index contributed by atoms with van der Waals surface area (Å²) in [5.41, 5.74) is 1.04. The monoisotopic (exact) mass is 237 g/mol. The van der Waals surface area contributed by atoms with E-state index in [1.54, 1.807) is 26.1 Å². The molecule has 0 saturated heterocycles. The smallest absolute Gasteiger partial charge is 0.152 e. The van der Waals surface area contributed by atoms with E-state index in [1.807, 2.05) is 6.21 Å². The fraction of sp³-hybridized carbons (Fsp3) is 0.600. The lowest BCUT2D eigenvalue weighted by Gasteiger charge is -1.95. The summed E-state index contributed by atoms with van der Waals surface area (Å²) in [5.74, 6) is 0.0858. The van der Waals surface area contributed by atoms with E-state index in [4.69, 9.17) is 0 Å². The Hall–Kier alpha value is -1.18. The second-order valence-corrected chi connectivity index (χ2v) is 3.94. The van der Waals surface area contributed by atoms with Gasteiger partial charge >= 0.3 is 0 Å². The van der Waals surface area contributed by atoms with Crippen LogP contribution in [0.4, 0.5) is 0 Å². The van der Waals surface area contributed by atoms with Gasteiger partial charge in [0, 0.05) is 7.05 Å². The van der Waals surface area contributed by atoms with Crippen LogP contribution in [0.2, 0.25) is 0 Å². The second kappa shape index (κ2) is 14.8. The number of hydrogen-bond acceptors (Lipinski definition) is 2. The summed E-state index contributed by atoms with van der Waals surface area (Å²) >= 11 is 0. The largest absolute Gasteiger partial charge is 0.301 e. The molecule has 98 valence electrons. The minimum absolute atomic E-state index is 0.0858. The molecule has 17 heavy (non-hydrogen) atoms. The molecular formula is C15H27NO. The van der Waals surface area contributed by atoms with Gasteiger partial charge < -0.3 is 4.99 Å². The Morgan fingerprint density at radius 1 is 1.24 bits per heavy atom. The molecule has 0 saturated carbocycles. The third-order valence-electron chi connectivity index (χ3n) is 2.01. The van der Waals surface area contributed by atoms with Crippen molar-refractivity contribution in [3.63, 3.8) is 0 Å². The molecule has 0 aliphatic carbocycles. The molecule has 0 rings (SSSR count). The second-order valence-electron chi connectivity index (χ2n) is 3.94. The zero-order chi connectivity index (χ0) is 13.5. The molecule has 0 unspecified atom stereocenters. The van der Waals surface area contributed by atoms with Gasteiger partial charge in [-0.25, -0.2) is 0 Å². The predicted octanol–water partition coefficient (Wildman–Crippen LogP) is 4.37. The normalized spacial score (nSPS) is 10.4. The molecule has 0 radical (unpaired) electrons. The van der Waals surface area contributed by atoms with Gasteiger partial charge in [-0.15, -0.1) is 0 Å². The maximum Gasteiger partial charge on any atom is 0.152 e. The number of nitrogens with zero attached hydrogens (tertiary/aromatic N) is 1. The standard InChI is InChI=1S/C10H16O.C5H11N/c1-4-5-6-9(2)7-8-10(3)11;1-3-4-5-6-2/h7-8H,2,4-6H2,1,3H3;5H,3-4H2,1-2H3/b8-7-;. The topological polar surface area (TPSA) is 29.4 Å². The van der Waals surface area contributed by atoms with E-state index in [0.29, 0.717) is 0 Å². The van der Waals surface area contributed by atoms with Gasteiger partial charge in [-0.05, 0) is 38.5 Å². The van der Waals surface area contributed by atoms with Gasteiger partial charge in [0.15, 0.2) is 5.78 Å². The molecule has 0 N–H and O–H groups in total. The van der Waals surface area contributed by atoms with Crippen molar-refractivity contribution in [2.45, 2.75) is 52.9 Å². The van der Waals surface area contributed by atoms with Crippen LogP contribution in [0.25, 0.3) is 0 Å². The van der Waals surface area contributed by atoms with E-state index in [-0.39, 0.29) is 5.78 Å². The molecule has 2 nitrogen and oxygen atoms in total. The highest BCUT2D eigenvalue weighted by molar-refractivity contribution is 5.87. The van der Waals surface area contributed by atoms with E-state index >= 15 is 0 Å². The number of carbonyl (C=O) groups excluding carboxylic acids is 1. The fourth-order valence-corrected chi connectivity index (χ4v) is 0.981. The van der Waals surface area contributed by atoms with Crippen molar-refractivity contribution in [1.82, 2.24) is 0 Å². The van der Waals surface area contributed by atoms with Crippen LogP contribution < -0.4 is 0 Å². The molecule has 0 atom stereocenters. The number of carbonyl (C=O) groups is 1. The Bertz CT molecular complexity index is 252. The van der Waals surface area contributed by atoms with Gasteiger partial charge in [0.25, 0.3) is 0 Å². The Labute approximate surface area is 107 Å². The van der Waals surface area contributed by atoms with Crippen molar-refractivity contribution in [3.8, 4) is 0 Å². The molecule has 0 aliphatic heterocycles. The summed E-state index contributed by atoms with van der Waals surface area (Å²) in [7, 11) is 1.80. The summed E-state index contributed by atoms with van der Waals surface area (Å²) in [6, 6.07) is 0. The predicted molar refractivity (Wildman–Crippen MR) is 77.8 cm³/mol. The van der Waals surface area contributed by atoms with Crippen LogP contribution in [0.3, 0.4) is 0 Å². The summed E-state index contributed by atoms with van der Waals surface area (Å²) in [6.45, 7) is 9.65. The minimum atomic E-state index is 0.0858. The number of allylic oxidation sites excluding steroid dienone is 3. The van der Waals surface area contributed by atoms with E-state index in [9.17, 15) is 4.79 Å². The number of aliphatic imine (C=N–C) groups is 1. The van der Waals surface area contributed by atoms with Crippen molar-refractivity contribution >= 4 is 12.0 Å². The molecule has 0 aliphatic rings. The maximum atomic E-state index is 10.5. The van der Waals surface area contributed by atoms with E-state index < -0.39 is 0 Å². The first-order chi connectivity index (χ1) is 8.08. The number of hydrogen-bond donors (Lipinski definition) is 0. The van der Waals surface area contributed by atoms with Gasteiger partial charge in [0.05, 0.1) is 0 Å². The summed E-state index contributed by atoms with van der Waals surface area (Å²) in [6.07, 6.45) is 11.0. The molecule has 2 heteroatoms. The van der Waals surface area contributed by atoms with Crippen LogP contribution in [-0.2, 0) is 4.79 Å². The van der Waals surface area contributed by atoms with Crippen molar-refractivity contribution < 1.29 is 4.79 Å². The van der Waals surface area contributed by atoms with Crippen molar-refractivity contribution in [1.29, 1.82) is 0 Å². The SMILES string of the molecule is C=C(/C=C\C(C)=O)CCCC.CCCC=NC. The van der Waals surface area contributed by atoms with Crippen molar-refractivity contribution in [3.05, 3.63) is 24.3 Å². The molecule has 0 aromatic rings. The number of unbranched alkanes of at least 4 members (excludes halogenated alkanes) is 2. The van der Waals surface area contributed by atoms with E-state index in [1.165, 1.54) is 12.8 Å². The van der Waals surface area contributed by atoms with E-state index in [2.05, 4.69) is 25.4 Å². The quantitative estimate of drug-likeness (QED) is 0.367. The average Bonchev–Trinajstić information content (AvgIpc) is 2.32.